The molecule has 2 bridgehead atoms. The summed E-state index contributed by atoms with van der Waals surface area (Å²) in [5.74, 6) is 1.55. The molecule has 0 amide bonds. The average molecular weight is 180 g/mol. The van der Waals surface area contributed by atoms with Crippen molar-refractivity contribution in [3.63, 3.8) is 0 Å². The van der Waals surface area contributed by atoms with Gasteiger partial charge in [0.1, 0.15) is 0 Å². The van der Waals surface area contributed by atoms with Gasteiger partial charge in [-0.25, -0.2) is 0 Å². The lowest BCUT2D eigenvalue weighted by molar-refractivity contribution is -0.0612. The molecule has 74 valence electrons. The van der Waals surface area contributed by atoms with Crippen LogP contribution in [0.4, 0.5) is 0 Å². The third-order valence-corrected chi connectivity index (χ3v) is 3.42. The van der Waals surface area contributed by atoms with Gasteiger partial charge in [0.15, 0.2) is 0 Å². The van der Waals surface area contributed by atoms with Crippen LogP contribution >= 0.6 is 0 Å². The highest BCUT2D eigenvalue weighted by Crippen LogP contribution is 2.45. The summed E-state index contributed by atoms with van der Waals surface area (Å²) in [4.78, 5) is 0. The third kappa shape index (κ3) is 1.80. The summed E-state index contributed by atoms with van der Waals surface area (Å²) in [5, 5.41) is 0. The maximum Gasteiger partial charge on any atom is 0.0646 e. The Hall–Kier alpha value is -0.300. The first-order valence-electron chi connectivity index (χ1n) is 5.50. The van der Waals surface area contributed by atoms with Crippen LogP contribution in [0.1, 0.15) is 39.5 Å². The van der Waals surface area contributed by atoms with Gasteiger partial charge in [0.25, 0.3) is 0 Å². The third-order valence-electron chi connectivity index (χ3n) is 3.42. The zero-order valence-corrected chi connectivity index (χ0v) is 8.75. The second-order valence-corrected chi connectivity index (χ2v) is 4.87. The van der Waals surface area contributed by atoms with Crippen LogP contribution in [0, 0.1) is 11.8 Å². The Morgan fingerprint density at radius 2 is 2.15 bits per heavy atom. The topological polar surface area (TPSA) is 9.23 Å². The lowest BCUT2D eigenvalue weighted by Gasteiger charge is -2.44. The van der Waals surface area contributed by atoms with Gasteiger partial charge in [0.05, 0.1) is 12.2 Å². The monoisotopic (exact) mass is 180 g/mol. The highest BCUT2D eigenvalue weighted by molar-refractivity contribution is 5.12. The summed E-state index contributed by atoms with van der Waals surface area (Å²) in [6, 6.07) is 0. The summed E-state index contributed by atoms with van der Waals surface area (Å²) in [6.45, 7) is 8.43. The highest BCUT2D eigenvalue weighted by Gasteiger charge is 2.38. The van der Waals surface area contributed by atoms with Crippen LogP contribution < -0.4 is 0 Å². The maximum absolute atomic E-state index is 5.93. The number of rotatable bonds is 2. The minimum atomic E-state index is 0.372. The molecule has 0 saturated heterocycles. The predicted octanol–water partition coefficient (Wildman–Crippen LogP) is 3.16. The van der Waals surface area contributed by atoms with Crippen LogP contribution in [0.2, 0.25) is 0 Å². The zero-order valence-electron chi connectivity index (χ0n) is 8.75. The Bertz CT molecular complexity index is 205. The fourth-order valence-electron chi connectivity index (χ4n) is 2.89. The van der Waals surface area contributed by atoms with Crippen molar-refractivity contribution < 1.29 is 4.74 Å². The van der Waals surface area contributed by atoms with E-state index in [1.54, 1.807) is 0 Å². The number of hydrogen-bond donors (Lipinski definition) is 0. The number of fused-ring (bicyclic) bond motifs is 3. The Morgan fingerprint density at radius 3 is 2.69 bits per heavy atom. The van der Waals surface area contributed by atoms with Gasteiger partial charge in [-0.2, -0.15) is 0 Å². The zero-order chi connectivity index (χ0) is 9.42. The van der Waals surface area contributed by atoms with Crippen LogP contribution in [0.25, 0.3) is 0 Å². The van der Waals surface area contributed by atoms with Crippen LogP contribution in [0.5, 0.6) is 0 Å². The van der Waals surface area contributed by atoms with Gasteiger partial charge >= 0.3 is 0 Å². The molecule has 0 unspecified atom stereocenters. The van der Waals surface area contributed by atoms with Crippen molar-refractivity contribution in [2.45, 2.75) is 51.7 Å². The normalized spacial score (nSPS) is 38.7. The molecule has 3 atom stereocenters. The molecule has 1 nitrogen and oxygen atoms in total. The second kappa shape index (κ2) is 3.45. The van der Waals surface area contributed by atoms with Crippen molar-refractivity contribution in [2.24, 2.45) is 11.8 Å². The van der Waals surface area contributed by atoms with E-state index in [0.29, 0.717) is 18.1 Å². The quantitative estimate of drug-likeness (QED) is 0.593. The van der Waals surface area contributed by atoms with Crippen molar-refractivity contribution in [2.75, 3.05) is 0 Å². The Kier molecular flexibility index (Phi) is 2.46. The smallest absolute Gasteiger partial charge is 0.0646 e. The molecule has 3 aliphatic carbocycles. The van der Waals surface area contributed by atoms with E-state index in [-0.39, 0.29) is 0 Å². The molecule has 1 heteroatoms. The second-order valence-electron chi connectivity index (χ2n) is 4.87. The first-order valence-corrected chi connectivity index (χ1v) is 5.50. The molecule has 0 radical (unpaired) electrons. The molecular weight excluding hydrogens is 160 g/mol. The van der Waals surface area contributed by atoms with Crippen molar-refractivity contribution in [3.05, 3.63) is 12.2 Å². The molecule has 3 aliphatic rings. The van der Waals surface area contributed by atoms with E-state index < -0.39 is 0 Å². The molecular formula is C12H20O. The van der Waals surface area contributed by atoms with E-state index in [1.165, 1.54) is 31.3 Å². The van der Waals surface area contributed by atoms with E-state index in [1.807, 2.05) is 0 Å². The number of ether oxygens (including phenoxy) is 1. The predicted molar refractivity (Wildman–Crippen MR) is 54.6 cm³/mol. The summed E-state index contributed by atoms with van der Waals surface area (Å²) in [6.07, 6.45) is 6.13. The minimum Gasteiger partial charge on any atom is -0.375 e. The fourth-order valence-corrected chi connectivity index (χ4v) is 2.89. The van der Waals surface area contributed by atoms with E-state index >= 15 is 0 Å². The minimum absolute atomic E-state index is 0.372. The molecule has 3 rings (SSSR count). The molecule has 0 heterocycles. The SMILES string of the molecule is C=C1C[C@H]2CC[C@@H]1[C@H](OC(C)C)C2. The van der Waals surface area contributed by atoms with Crippen molar-refractivity contribution >= 4 is 0 Å². The van der Waals surface area contributed by atoms with E-state index in [0.717, 1.165) is 5.92 Å². The van der Waals surface area contributed by atoms with Crippen molar-refractivity contribution in [1.29, 1.82) is 0 Å². The molecule has 3 saturated carbocycles. The van der Waals surface area contributed by atoms with Gasteiger partial charge in [0, 0.05) is 5.92 Å². The van der Waals surface area contributed by atoms with Crippen LogP contribution in [-0.4, -0.2) is 12.2 Å². The first-order chi connectivity index (χ1) is 6.16. The standard InChI is InChI=1S/C12H20O/c1-8(2)13-12-7-10-4-5-11(12)9(3)6-10/h8,10-12H,3-7H2,1-2H3/t10-,11+,12-/m1/s1. The van der Waals surface area contributed by atoms with Gasteiger partial charge in [-0.1, -0.05) is 12.2 Å². The highest BCUT2D eigenvalue weighted by atomic mass is 16.5. The van der Waals surface area contributed by atoms with E-state index in [2.05, 4.69) is 20.4 Å². The average Bonchev–Trinajstić information content (AvgIpc) is 2.02. The summed E-state index contributed by atoms with van der Waals surface area (Å²) in [5.41, 5.74) is 1.45. The molecule has 0 aliphatic heterocycles. The summed E-state index contributed by atoms with van der Waals surface area (Å²) >= 11 is 0. The van der Waals surface area contributed by atoms with Crippen LogP contribution in [0.3, 0.4) is 0 Å². The lowest BCUT2D eigenvalue weighted by Crippen LogP contribution is -2.39. The Balaban J connectivity index is 2.02. The fraction of sp³-hybridized carbons (Fsp3) is 0.833. The molecule has 0 N–H and O–H groups in total. The summed E-state index contributed by atoms with van der Waals surface area (Å²) in [7, 11) is 0. The molecule has 0 aromatic rings. The Labute approximate surface area is 81.2 Å². The van der Waals surface area contributed by atoms with Gasteiger partial charge < -0.3 is 4.74 Å². The van der Waals surface area contributed by atoms with Crippen LogP contribution in [-0.2, 0) is 4.74 Å². The van der Waals surface area contributed by atoms with E-state index in [9.17, 15) is 0 Å². The van der Waals surface area contributed by atoms with Gasteiger partial charge in [0.2, 0.25) is 0 Å². The van der Waals surface area contributed by atoms with Gasteiger partial charge in [-0.3, -0.25) is 0 Å². The molecule has 3 fully saturated rings. The molecule has 0 spiro atoms. The van der Waals surface area contributed by atoms with E-state index in [4.69, 9.17) is 4.74 Å². The molecule has 13 heavy (non-hydrogen) atoms. The largest absolute Gasteiger partial charge is 0.375 e. The van der Waals surface area contributed by atoms with Gasteiger partial charge in [-0.05, 0) is 45.4 Å². The van der Waals surface area contributed by atoms with Crippen molar-refractivity contribution in [1.82, 2.24) is 0 Å². The van der Waals surface area contributed by atoms with Crippen LogP contribution in [0.15, 0.2) is 12.2 Å². The lowest BCUT2D eigenvalue weighted by atomic mass is 9.66. The maximum atomic E-state index is 5.93. The number of hydrogen-bond acceptors (Lipinski definition) is 1. The molecule has 0 aromatic heterocycles. The Morgan fingerprint density at radius 1 is 1.38 bits per heavy atom. The summed E-state index contributed by atoms with van der Waals surface area (Å²) < 4.78 is 5.93. The van der Waals surface area contributed by atoms with Gasteiger partial charge in [-0.15, -0.1) is 0 Å². The first kappa shape index (κ1) is 9.26. The van der Waals surface area contributed by atoms with Crippen molar-refractivity contribution in [3.8, 4) is 0 Å². The molecule has 0 aromatic carbocycles.